The molecule has 3 N–H and O–H groups in total. The van der Waals surface area contributed by atoms with Gasteiger partial charge in [-0.15, -0.1) is 0 Å². The van der Waals surface area contributed by atoms with Crippen LogP contribution in [0.3, 0.4) is 0 Å². The molecule has 5 heteroatoms. The molecule has 0 spiro atoms. The van der Waals surface area contributed by atoms with E-state index in [2.05, 4.69) is 5.32 Å². The Balaban J connectivity index is 2.08. The van der Waals surface area contributed by atoms with E-state index in [4.69, 9.17) is 5.11 Å². The summed E-state index contributed by atoms with van der Waals surface area (Å²) in [6.45, 7) is 0.251. The van der Waals surface area contributed by atoms with E-state index in [1.807, 2.05) is 0 Å². The van der Waals surface area contributed by atoms with Gasteiger partial charge >= 0.3 is 5.97 Å². The van der Waals surface area contributed by atoms with Crippen molar-refractivity contribution in [3.05, 3.63) is 35.1 Å². The maximum atomic E-state index is 13.5. The number of hydrogen-bond donors (Lipinski definition) is 3. The number of nitrogens with one attached hydrogen (secondary N) is 1. The molecule has 0 unspecified atom stereocenters. The standard InChI is InChI=1S/C13H16FNO3/c14-11-3-2-9(12(17)18)6-10(11)7-15-13(8-16)4-1-5-13/h2-3,6,15-16H,1,4-5,7-8H2,(H,17,18). The molecular weight excluding hydrogens is 237 g/mol. The Bertz CT molecular complexity index is 452. The summed E-state index contributed by atoms with van der Waals surface area (Å²) in [7, 11) is 0. The van der Waals surface area contributed by atoms with Gasteiger partial charge in [0.15, 0.2) is 0 Å². The zero-order valence-corrected chi connectivity index (χ0v) is 9.95. The molecule has 18 heavy (non-hydrogen) atoms. The molecule has 0 bridgehead atoms. The van der Waals surface area contributed by atoms with Crippen LogP contribution >= 0.6 is 0 Å². The summed E-state index contributed by atoms with van der Waals surface area (Å²) < 4.78 is 13.5. The van der Waals surface area contributed by atoms with Crippen LogP contribution in [0.5, 0.6) is 0 Å². The highest BCUT2D eigenvalue weighted by Gasteiger charge is 2.35. The molecule has 1 saturated carbocycles. The summed E-state index contributed by atoms with van der Waals surface area (Å²) in [6, 6.07) is 3.73. The fourth-order valence-electron chi connectivity index (χ4n) is 2.12. The number of carboxylic acid groups (broad SMARTS) is 1. The first-order valence-corrected chi connectivity index (χ1v) is 5.94. The van der Waals surface area contributed by atoms with Crippen LogP contribution in [0.1, 0.15) is 35.2 Å². The summed E-state index contributed by atoms with van der Waals surface area (Å²) in [6.07, 6.45) is 2.78. The Labute approximate surface area is 104 Å². The number of aromatic carboxylic acids is 1. The average Bonchev–Trinajstić information content (AvgIpc) is 2.30. The highest BCUT2D eigenvalue weighted by Crippen LogP contribution is 2.31. The second kappa shape index (κ2) is 5.04. The number of rotatable bonds is 5. The molecule has 4 nitrogen and oxygen atoms in total. The zero-order chi connectivity index (χ0) is 13.2. The van der Waals surface area contributed by atoms with Crippen LogP contribution in [-0.4, -0.2) is 28.3 Å². The molecule has 1 aliphatic rings. The summed E-state index contributed by atoms with van der Waals surface area (Å²) in [5.74, 6) is -1.50. The van der Waals surface area contributed by atoms with Gasteiger partial charge in [-0.3, -0.25) is 0 Å². The van der Waals surface area contributed by atoms with Gasteiger partial charge in [0.25, 0.3) is 0 Å². The van der Waals surface area contributed by atoms with Gasteiger partial charge in [-0.25, -0.2) is 9.18 Å². The van der Waals surface area contributed by atoms with Crippen molar-refractivity contribution in [3.8, 4) is 0 Å². The zero-order valence-electron chi connectivity index (χ0n) is 9.95. The maximum Gasteiger partial charge on any atom is 0.335 e. The van der Waals surface area contributed by atoms with Crippen LogP contribution in [0.15, 0.2) is 18.2 Å². The largest absolute Gasteiger partial charge is 0.478 e. The lowest BCUT2D eigenvalue weighted by Crippen LogP contribution is -2.53. The normalized spacial score (nSPS) is 17.2. The SMILES string of the molecule is O=C(O)c1ccc(F)c(CNC2(CO)CCC2)c1. The summed E-state index contributed by atoms with van der Waals surface area (Å²) in [5, 5.41) is 21.2. The molecule has 0 amide bonds. The van der Waals surface area contributed by atoms with Crippen LogP contribution in [0.25, 0.3) is 0 Å². The van der Waals surface area contributed by atoms with Crippen molar-refractivity contribution >= 4 is 5.97 Å². The predicted octanol–water partition coefficient (Wildman–Crippen LogP) is 1.53. The smallest absolute Gasteiger partial charge is 0.335 e. The second-order valence-corrected chi connectivity index (χ2v) is 4.76. The van der Waals surface area contributed by atoms with Gasteiger partial charge in [0.1, 0.15) is 5.82 Å². The third-order valence-electron chi connectivity index (χ3n) is 3.56. The lowest BCUT2D eigenvalue weighted by Gasteiger charge is -2.41. The van der Waals surface area contributed by atoms with Crippen molar-refractivity contribution in [2.24, 2.45) is 0 Å². The Morgan fingerprint density at radius 3 is 2.67 bits per heavy atom. The van der Waals surface area contributed by atoms with E-state index in [1.165, 1.54) is 12.1 Å². The number of aliphatic hydroxyl groups is 1. The van der Waals surface area contributed by atoms with Crippen molar-refractivity contribution < 1.29 is 19.4 Å². The van der Waals surface area contributed by atoms with E-state index in [0.29, 0.717) is 5.56 Å². The van der Waals surface area contributed by atoms with Crippen LogP contribution in [0, 0.1) is 5.82 Å². The van der Waals surface area contributed by atoms with Crippen molar-refractivity contribution in [2.75, 3.05) is 6.61 Å². The molecule has 1 fully saturated rings. The topological polar surface area (TPSA) is 69.6 Å². The molecule has 0 atom stereocenters. The molecule has 0 radical (unpaired) electrons. The molecule has 0 aromatic heterocycles. The third-order valence-corrected chi connectivity index (χ3v) is 3.56. The van der Waals surface area contributed by atoms with Crippen molar-refractivity contribution in [1.29, 1.82) is 0 Å². The van der Waals surface area contributed by atoms with E-state index in [9.17, 15) is 14.3 Å². The predicted molar refractivity (Wildman–Crippen MR) is 63.9 cm³/mol. The molecule has 0 aliphatic heterocycles. The van der Waals surface area contributed by atoms with E-state index < -0.39 is 11.8 Å². The van der Waals surface area contributed by atoms with Gasteiger partial charge in [0.05, 0.1) is 12.2 Å². The Kier molecular flexibility index (Phi) is 3.63. The molecule has 0 saturated heterocycles. The highest BCUT2D eigenvalue weighted by atomic mass is 19.1. The van der Waals surface area contributed by atoms with E-state index in [1.54, 1.807) is 0 Å². The molecule has 1 aliphatic carbocycles. The van der Waals surface area contributed by atoms with E-state index in [0.717, 1.165) is 25.3 Å². The minimum Gasteiger partial charge on any atom is -0.478 e. The van der Waals surface area contributed by atoms with Gasteiger partial charge in [-0.1, -0.05) is 0 Å². The first-order chi connectivity index (χ1) is 8.56. The Morgan fingerprint density at radius 1 is 1.44 bits per heavy atom. The van der Waals surface area contributed by atoms with E-state index in [-0.39, 0.29) is 24.3 Å². The summed E-state index contributed by atoms with van der Waals surface area (Å²) in [5.41, 5.74) is 0.0700. The van der Waals surface area contributed by atoms with Crippen LogP contribution in [0.4, 0.5) is 4.39 Å². The van der Waals surface area contributed by atoms with Crippen LogP contribution < -0.4 is 5.32 Å². The molecule has 0 heterocycles. The van der Waals surface area contributed by atoms with Gasteiger partial charge in [0, 0.05) is 17.6 Å². The quantitative estimate of drug-likeness (QED) is 0.744. The molecule has 1 aromatic carbocycles. The lowest BCUT2D eigenvalue weighted by atomic mass is 9.77. The average molecular weight is 253 g/mol. The monoisotopic (exact) mass is 253 g/mol. The first-order valence-electron chi connectivity index (χ1n) is 5.94. The Morgan fingerprint density at radius 2 is 2.17 bits per heavy atom. The number of hydrogen-bond acceptors (Lipinski definition) is 3. The molecular formula is C13H16FNO3. The first kappa shape index (κ1) is 13.0. The fraction of sp³-hybridized carbons (Fsp3) is 0.462. The maximum absolute atomic E-state index is 13.5. The van der Waals surface area contributed by atoms with Gasteiger partial charge in [-0.05, 0) is 37.5 Å². The fourth-order valence-corrected chi connectivity index (χ4v) is 2.12. The minimum absolute atomic E-state index is 0.0211. The van der Waals surface area contributed by atoms with Crippen molar-refractivity contribution in [2.45, 2.75) is 31.3 Å². The summed E-state index contributed by atoms with van der Waals surface area (Å²) in [4.78, 5) is 10.8. The van der Waals surface area contributed by atoms with Crippen LogP contribution in [0.2, 0.25) is 0 Å². The molecule has 98 valence electrons. The minimum atomic E-state index is -1.07. The number of halogens is 1. The van der Waals surface area contributed by atoms with Crippen molar-refractivity contribution in [1.82, 2.24) is 5.32 Å². The molecule has 1 aromatic rings. The number of carbonyl (C=O) groups is 1. The van der Waals surface area contributed by atoms with Gasteiger partial charge < -0.3 is 15.5 Å². The number of benzene rings is 1. The number of carboxylic acids is 1. The van der Waals surface area contributed by atoms with E-state index >= 15 is 0 Å². The van der Waals surface area contributed by atoms with Gasteiger partial charge in [0.2, 0.25) is 0 Å². The second-order valence-electron chi connectivity index (χ2n) is 4.76. The highest BCUT2D eigenvalue weighted by molar-refractivity contribution is 5.87. The van der Waals surface area contributed by atoms with Crippen LogP contribution in [-0.2, 0) is 6.54 Å². The van der Waals surface area contributed by atoms with Crippen molar-refractivity contribution in [3.63, 3.8) is 0 Å². The third kappa shape index (κ3) is 2.52. The lowest BCUT2D eigenvalue weighted by molar-refractivity contribution is 0.0696. The summed E-state index contributed by atoms with van der Waals surface area (Å²) >= 11 is 0. The van der Waals surface area contributed by atoms with Gasteiger partial charge in [-0.2, -0.15) is 0 Å². The number of aliphatic hydroxyl groups excluding tert-OH is 1. The molecule has 2 rings (SSSR count). The Hall–Kier alpha value is -1.46.